The fraction of sp³-hybridized carbons (Fsp3) is 0.364. The smallest absolute Gasteiger partial charge is 0.326 e. The highest BCUT2D eigenvalue weighted by Crippen LogP contribution is 2.02. The SMILES string of the molecule is CC[C@H](NC(=O)c1ccnc(C)c1)C(=O)O. The number of carbonyl (C=O) groups excluding carboxylic acids is 1. The molecule has 1 rings (SSSR count). The summed E-state index contributed by atoms with van der Waals surface area (Å²) in [4.78, 5) is 26.4. The number of carboxylic acid groups (broad SMARTS) is 1. The van der Waals surface area contributed by atoms with Crippen LogP contribution in [0.2, 0.25) is 0 Å². The van der Waals surface area contributed by atoms with Gasteiger partial charge in [-0.25, -0.2) is 4.79 Å². The van der Waals surface area contributed by atoms with Crippen LogP contribution in [0.4, 0.5) is 0 Å². The molecule has 86 valence electrons. The van der Waals surface area contributed by atoms with Crippen molar-refractivity contribution in [1.29, 1.82) is 0 Å². The summed E-state index contributed by atoms with van der Waals surface area (Å²) in [6.45, 7) is 3.47. The van der Waals surface area contributed by atoms with Crippen LogP contribution in [0.15, 0.2) is 18.3 Å². The standard InChI is InChI=1S/C11H14N2O3/c1-3-9(11(15)16)13-10(14)8-4-5-12-7(2)6-8/h4-6,9H,3H2,1-2H3,(H,13,14)(H,15,16)/t9-/m0/s1. The molecule has 1 atom stereocenters. The number of hydrogen-bond acceptors (Lipinski definition) is 3. The summed E-state index contributed by atoms with van der Waals surface area (Å²) in [7, 11) is 0. The number of carbonyl (C=O) groups is 2. The highest BCUT2D eigenvalue weighted by atomic mass is 16.4. The minimum atomic E-state index is -1.03. The molecule has 0 radical (unpaired) electrons. The van der Waals surface area contributed by atoms with Gasteiger partial charge in [0.15, 0.2) is 0 Å². The van der Waals surface area contributed by atoms with Gasteiger partial charge in [-0.1, -0.05) is 6.92 Å². The summed E-state index contributed by atoms with van der Waals surface area (Å²) in [5.74, 6) is -1.42. The van der Waals surface area contributed by atoms with Crippen molar-refractivity contribution < 1.29 is 14.7 Å². The number of pyridine rings is 1. The normalized spacial score (nSPS) is 11.9. The van der Waals surface area contributed by atoms with Gasteiger partial charge in [-0.2, -0.15) is 0 Å². The number of carboxylic acids is 1. The molecule has 1 amide bonds. The minimum Gasteiger partial charge on any atom is -0.480 e. The second-order valence-corrected chi connectivity index (χ2v) is 3.46. The van der Waals surface area contributed by atoms with Crippen molar-refractivity contribution in [3.8, 4) is 0 Å². The molecule has 0 aliphatic rings. The Morgan fingerprint density at radius 1 is 1.56 bits per heavy atom. The lowest BCUT2D eigenvalue weighted by Gasteiger charge is -2.12. The monoisotopic (exact) mass is 222 g/mol. The number of amides is 1. The Morgan fingerprint density at radius 2 is 2.25 bits per heavy atom. The fourth-order valence-corrected chi connectivity index (χ4v) is 1.27. The molecule has 0 fully saturated rings. The van der Waals surface area contributed by atoms with Gasteiger partial charge in [0, 0.05) is 17.5 Å². The van der Waals surface area contributed by atoms with E-state index in [1.165, 1.54) is 6.20 Å². The molecule has 5 heteroatoms. The quantitative estimate of drug-likeness (QED) is 0.796. The summed E-state index contributed by atoms with van der Waals surface area (Å²) in [5, 5.41) is 11.2. The van der Waals surface area contributed by atoms with Crippen molar-refractivity contribution in [1.82, 2.24) is 10.3 Å². The lowest BCUT2D eigenvalue weighted by molar-refractivity contribution is -0.139. The molecule has 5 nitrogen and oxygen atoms in total. The largest absolute Gasteiger partial charge is 0.480 e. The van der Waals surface area contributed by atoms with Crippen LogP contribution in [-0.2, 0) is 4.79 Å². The van der Waals surface area contributed by atoms with E-state index in [1.807, 2.05) is 0 Å². The molecule has 1 aromatic heterocycles. The van der Waals surface area contributed by atoms with E-state index in [-0.39, 0.29) is 5.91 Å². The maximum Gasteiger partial charge on any atom is 0.326 e. The van der Waals surface area contributed by atoms with Crippen LogP contribution in [0, 0.1) is 6.92 Å². The van der Waals surface area contributed by atoms with Crippen LogP contribution in [-0.4, -0.2) is 28.0 Å². The topological polar surface area (TPSA) is 79.3 Å². The molecule has 0 aromatic carbocycles. The number of aliphatic carboxylic acids is 1. The first-order valence-corrected chi connectivity index (χ1v) is 5.01. The second kappa shape index (κ2) is 5.25. The maximum atomic E-state index is 11.7. The van der Waals surface area contributed by atoms with E-state index in [0.29, 0.717) is 12.0 Å². The van der Waals surface area contributed by atoms with E-state index < -0.39 is 12.0 Å². The molecule has 0 bridgehead atoms. The van der Waals surface area contributed by atoms with E-state index in [1.54, 1.807) is 26.0 Å². The van der Waals surface area contributed by atoms with Crippen LogP contribution < -0.4 is 5.32 Å². The first-order chi connectivity index (χ1) is 7.54. The highest BCUT2D eigenvalue weighted by Gasteiger charge is 2.18. The van der Waals surface area contributed by atoms with Crippen molar-refractivity contribution in [2.45, 2.75) is 26.3 Å². The second-order valence-electron chi connectivity index (χ2n) is 3.46. The third kappa shape index (κ3) is 3.05. The van der Waals surface area contributed by atoms with Gasteiger partial charge in [-0.05, 0) is 25.5 Å². The van der Waals surface area contributed by atoms with Crippen LogP contribution >= 0.6 is 0 Å². The van der Waals surface area contributed by atoms with Gasteiger partial charge in [0.2, 0.25) is 0 Å². The van der Waals surface area contributed by atoms with Gasteiger partial charge in [0.25, 0.3) is 5.91 Å². The van der Waals surface area contributed by atoms with Gasteiger partial charge < -0.3 is 10.4 Å². The summed E-state index contributed by atoms with van der Waals surface area (Å²) >= 11 is 0. The molecule has 16 heavy (non-hydrogen) atoms. The molecule has 0 saturated carbocycles. The molecule has 1 heterocycles. The zero-order valence-electron chi connectivity index (χ0n) is 9.23. The Labute approximate surface area is 93.5 Å². The van der Waals surface area contributed by atoms with E-state index in [0.717, 1.165) is 5.69 Å². The van der Waals surface area contributed by atoms with Gasteiger partial charge in [-0.3, -0.25) is 9.78 Å². The first-order valence-electron chi connectivity index (χ1n) is 5.01. The van der Waals surface area contributed by atoms with Crippen LogP contribution in [0.3, 0.4) is 0 Å². The molecule has 0 saturated heterocycles. The number of aryl methyl sites for hydroxylation is 1. The molecular weight excluding hydrogens is 208 g/mol. The zero-order chi connectivity index (χ0) is 12.1. The lowest BCUT2D eigenvalue weighted by atomic mass is 10.2. The van der Waals surface area contributed by atoms with Crippen molar-refractivity contribution in [2.24, 2.45) is 0 Å². The van der Waals surface area contributed by atoms with E-state index in [2.05, 4.69) is 10.3 Å². The Bertz CT molecular complexity index is 404. The van der Waals surface area contributed by atoms with Crippen molar-refractivity contribution in [2.75, 3.05) is 0 Å². The molecule has 0 unspecified atom stereocenters. The van der Waals surface area contributed by atoms with Crippen LogP contribution in [0.1, 0.15) is 29.4 Å². The maximum absolute atomic E-state index is 11.7. The van der Waals surface area contributed by atoms with E-state index >= 15 is 0 Å². The molecule has 0 aliphatic heterocycles. The fourth-order valence-electron chi connectivity index (χ4n) is 1.27. The van der Waals surface area contributed by atoms with Gasteiger partial charge in [0.1, 0.15) is 6.04 Å². The molecule has 0 aliphatic carbocycles. The average molecular weight is 222 g/mol. The first kappa shape index (κ1) is 12.2. The van der Waals surface area contributed by atoms with Crippen molar-refractivity contribution >= 4 is 11.9 Å². The Hall–Kier alpha value is -1.91. The zero-order valence-corrected chi connectivity index (χ0v) is 9.23. The van der Waals surface area contributed by atoms with Gasteiger partial charge >= 0.3 is 5.97 Å². The van der Waals surface area contributed by atoms with Crippen LogP contribution in [0.25, 0.3) is 0 Å². The van der Waals surface area contributed by atoms with Gasteiger partial charge in [0.05, 0.1) is 0 Å². The minimum absolute atomic E-state index is 0.352. The highest BCUT2D eigenvalue weighted by molar-refractivity contribution is 5.96. The number of rotatable bonds is 4. The summed E-state index contributed by atoms with van der Waals surface area (Å²) < 4.78 is 0. The summed E-state index contributed by atoms with van der Waals surface area (Å²) in [6.07, 6.45) is 1.87. The lowest BCUT2D eigenvalue weighted by Crippen LogP contribution is -2.40. The number of nitrogens with one attached hydrogen (secondary N) is 1. The molecule has 1 aromatic rings. The Balaban J connectivity index is 2.75. The molecule has 0 spiro atoms. The summed E-state index contributed by atoms with van der Waals surface area (Å²) in [5.41, 5.74) is 1.14. The predicted octanol–water partition coefficient (Wildman–Crippen LogP) is 0.983. The molecule has 2 N–H and O–H groups in total. The third-order valence-corrected chi connectivity index (χ3v) is 2.17. The van der Waals surface area contributed by atoms with E-state index in [9.17, 15) is 9.59 Å². The Morgan fingerprint density at radius 3 is 2.75 bits per heavy atom. The number of aromatic nitrogens is 1. The average Bonchev–Trinajstić information content (AvgIpc) is 2.25. The summed E-state index contributed by atoms with van der Waals surface area (Å²) in [6, 6.07) is 2.32. The third-order valence-electron chi connectivity index (χ3n) is 2.17. The Kier molecular flexibility index (Phi) is 3.99. The number of hydrogen-bond donors (Lipinski definition) is 2. The van der Waals surface area contributed by atoms with Crippen molar-refractivity contribution in [3.63, 3.8) is 0 Å². The van der Waals surface area contributed by atoms with Crippen LogP contribution in [0.5, 0.6) is 0 Å². The van der Waals surface area contributed by atoms with E-state index in [4.69, 9.17) is 5.11 Å². The number of nitrogens with zero attached hydrogens (tertiary/aromatic N) is 1. The van der Waals surface area contributed by atoms with Gasteiger partial charge in [-0.15, -0.1) is 0 Å². The molecular formula is C11H14N2O3. The van der Waals surface area contributed by atoms with Crippen molar-refractivity contribution in [3.05, 3.63) is 29.6 Å². The predicted molar refractivity (Wildman–Crippen MR) is 58.2 cm³/mol.